The average Bonchev–Trinajstić information content (AvgIpc) is 3.62. The zero-order valence-electron chi connectivity index (χ0n) is 26.5. The van der Waals surface area contributed by atoms with Crippen LogP contribution >= 0.6 is 0 Å². The summed E-state index contributed by atoms with van der Waals surface area (Å²) in [7, 11) is 1.54. The second-order valence-corrected chi connectivity index (χ2v) is 12.7. The van der Waals surface area contributed by atoms with E-state index in [1.165, 1.54) is 6.33 Å². The highest BCUT2D eigenvalue weighted by molar-refractivity contribution is 5.99. The van der Waals surface area contributed by atoms with Gasteiger partial charge in [-0.3, -0.25) is 5.32 Å². The van der Waals surface area contributed by atoms with Gasteiger partial charge < -0.3 is 33.7 Å². The molecule has 2 N–H and O–H groups in total. The fourth-order valence-electron chi connectivity index (χ4n) is 4.58. The molecule has 1 aliphatic rings. The summed E-state index contributed by atoms with van der Waals surface area (Å²) in [6.45, 7) is 12.4. The van der Waals surface area contributed by atoms with E-state index in [0.717, 1.165) is 0 Å². The number of urea groups is 1. The maximum Gasteiger partial charge on any atom is 0.410 e. The number of benzene rings is 2. The first-order valence-corrected chi connectivity index (χ1v) is 14.6. The standard InChI is InChI=1S/C32H38N6O7/c1-31(2,3)26-16-27(37-45-26)36-29(39)35-19-9-8-10-20(13-19)43-28-22-14-24(41-7)25(15-23(22)33-18-34-28)42-21-11-12-38(17-21)30(40)44-32(4,5)6/h8-10,13-16,18,21H,11-12,17H2,1-7H3,(H2,35,36,37,39)/t21-/m1/s1. The lowest BCUT2D eigenvalue weighted by Crippen LogP contribution is -2.36. The van der Waals surface area contributed by atoms with Crippen LogP contribution in [-0.2, 0) is 10.2 Å². The maximum atomic E-state index is 12.6. The van der Waals surface area contributed by atoms with Gasteiger partial charge in [0, 0.05) is 42.3 Å². The number of carbonyl (C=O) groups excluding carboxylic acids is 2. The minimum atomic E-state index is -0.571. The van der Waals surface area contributed by atoms with Gasteiger partial charge in [-0.2, -0.15) is 0 Å². The number of rotatable bonds is 7. The Morgan fingerprint density at radius 2 is 1.80 bits per heavy atom. The van der Waals surface area contributed by atoms with Crippen LogP contribution in [0.1, 0.15) is 53.7 Å². The van der Waals surface area contributed by atoms with Crippen LogP contribution < -0.4 is 24.8 Å². The molecule has 3 heterocycles. The predicted molar refractivity (Wildman–Crippen MR) is 167 cm³/mol. The third kappa shape index (κ3) is 7.91. The number of nitrogens with one attached hydrogen (secondary N) is 2. The number of hydrogen-bond donors (Lipinski definition) is 2. The summed E-state index contributed by atoms with van der Waals surface area (Å²) in [5, 5.41) is 9.95. The first-order chi connectivity index (χ1) is 21.3. The van der Waals surface area contributed by atoms with Crippen LogP contribution in [0.4, 0.5) is 21.1 Å². The largest absolute Gasteiger partial charge is 0.493 e. The second-order valence-electron chi connectivity index (χ2n) is 12.7. The van der Waals surface area contributed by atoms with E-state index in [2.05, 4.69) is 25.8 Å². The lowest BCUT2D eigenvalue weighted by Gasteiger charge is -2.24. The molecule has 5 rings (SSSR count). The number of hydrogen-bond acceptors (Lipinski definition) is 10. The fraction of sp³-hybridized carbons (Fsp3) is 0.406. The number of fused-ring (bicyclic) bond motifs is 1. The minimum absolute atomic E-state index is 0.236. The van der Waals surface area contributed by atoms with Gasteiger partial charge in [0.1, 0.15) is 29.5 Å². The van der Waals surface area contributed by atoms with Crippen LogP contribution in [0.25, 0.3) is 10.9 Å². The molecule has 0 aliphatic carbocycles. The van der Waals surface area contributed by atoms with Crippen LogP contribution in [0.5, 0.6) is 23.1 Å². The second kappa shape index (κ2) is 12.5. The molecule has 1 fully saturated rings. The molecule has 2 aromatic carbocycles. The number of nitrogens with zero attached hydrogens (tertiary/aromatic N) is 4. The van der Waals surface area contributed by atoms with E-state index in [9.17, 15) is 9.59 Å². The van der Waals surface area contributed by atoms with Gasteiger partial charge in [-0.15, -0.1) is 0 Å². The number of anilines is 2. The Balaban J connectivity index is 1.27. The molecule has 0 saturated carbocycles. The summed E-state index contributed by atoms with van der Waals surface area (Å²) in [6.07, 6.45) is 1.45. The molecule has 1 atom stereocenters. The van der Waals surface area contributed by atoms with Crippen molar-refractivity contribution in [2.24, 2.45) is 0 Å². The Morgan fingerprint density at radius 3 is 2.51 bits per heavy atom. The Kier molecular flexibility index (Phi) is 8.71. The van der Waals surface area contributed by atoms with Crippen LogP contribution in [0.3, 0.4) is 0 Å². The average molecular weight is 619 g/mol. The van der Waals surface area contributed by atoms with Crippen LogP contribution in [-0.4, -0.2) is 64.1 Å². The van der Waals surface area contributed by atoms with E-state index >= 15 is 0 Å². The normalized spacial score (nSPS) is 15.1. The lowest BCUT2D eigenvalue weighted by molar-refractivity contribution is 0.0275. The number of carbonyl (C=O) groups is 2. The van der Waals surface area contributed by atoms with E-state index in [1.54, 1.807) is 54.5 Å². The molecule has 0 spiro atoms. The monoisotopic (exact) mass is 618 g/mol. The molecular formula is C32H38N6O7. The SMILES string of the molecule is COc1cc2c(Oc3cccc(NC(=O)Nc4cc(C(C)(C)C)on4)c3)ncnc2cc1O[C@@H]1CCN(C(=O)OC(C)(C)C)C1. The van der Waals surface area contributed by atoms with Crippen LogP contribution in [0.15, 0.2) is 53.3 Å². The highest BCUT2D eigenvalue weighted by Crippen LogP contribution is 2.37. The van der Waals surface area contributed by atoms with Crippen molar-refractivity contribution >= 4 is 34.5 Å². The first kappa shape index (κ1) is 31.4. The van der Waals surface area contributed by atoms with E-state index in [0.29, 0.717) is 70.8 Å². The fourth-order valence-corrected chi connectivity index (χ4v) is 4.58. The lowest BCUT2D eigenvalue weighted by atomic mass is 9.93. The Labute approximate surface area is 261 Å². The summed E-state index contributed by atoms with van der Waals surface area (Å²) in [6, 6.07) is 11.6. The minimum Gasteiger partial charge on any atom is -0.493 e. The van der Waals surface area contributed by atoms with Gasteiger partial charge in [0.25, 0.3) is 0 Å². The number of aromatic nitrogens is 3. The van der Waals surface area contributed by atoms with Gasteiger partial charge in [0.15, 0.2) is 17.3 Å². The highest BCUT2D eigenvalue weighted by Gasteiger charge is 2.31. The highest BCUT2D eigenvalue weighted by atomic mass is 16.6. The molecule has 4 aromatic rings. The van der Waals surface area contributed by atoms with E-state index in [1.807, 2.05) is 41.5 Å². The molecule has 1 aliphatic heterocycles. The molecular weight excluding hydrogens is 580 g/mol. The van der Waals surface area contributed by atoms with Crippen LogP contribution in [0, 0.1) is 0 Å². The summed E-state index contributed by atoms with van der Waals surface area (Å²) in [4.78, 5) is 35.5. The maximum absolute atomic E-state index is 12.6. The molecule has 13 heteroatoms. The molecule has 1 saturated heterocycles. The van der Waals surface area contributed by atoms with Gasteiger partial charge in [0.2, 0.25) is 5.88 Å². The van der Waals surface area contributed by atoms with Crippen molar-refractivity contribution in [1.29, 1.82) is 0 Å². The van der Waals surface area contributed by atoms with Crippen LogP contribution in [0.2, 0.25) is 0 Å². The van der Waals surface area contributed by atoms with E-state index < -0.39 is 11.6 Å². The van der Waals surface area contributed by atoms with Crippen molar-refractivity contribution in [3.05, 3.63) is 54.6 Å². The van der Waals surface area contributed by atoms with Crippen molar-refractivity contribution in [3.63, 3.8) is 0 Å². The molecule has 45 heavy (non-hydrogen) atoms. The zero-order chi connectivity index (χ0) is 32.4. The van der Waals surface area contributed by atoms with Gasteiger partial charge in [-0.25, -0.2) is 19.6 Å². The molecule has 3 amide bonds. The Hall–Kier alpha value is -5.07. The van der Waals surface area contributed by atoms with Gasteiger partial charge in [0.05, 0.1) is 24.6 Å². The Bertz CT molecular complexity index is 1690. The number of ether oxygens (including phenoxy) is 4. The first-order valence-electron chi connectivity index (χ1n) is 14.6. The molecule has 2 aromatic heterocycles. The summed E-state index contributed by atoms with van der Waals surface area (Å²) in [5.41, 5.74) is 0.264. The predicted octanol–water partition coefficient (Wildman–Crippen LogP) is 6.75. The Morgan fingerprint density at radius 1 is 1.00 bits per heavy atom. The summed E-state index contributed by atoms with van der Waals surface area (Å²) >= 11 is 0. The number of methoxy groups -OCH3 is 1. The van der Waals surface area contributed by atoms with Gasteiger partial charge in [-0.1, -0.05) is 32.0 Å². The summed E-state index contributed by atoms with van der Waals surface area (Å²) in [5.74, 6) is 2.65. The molecule has 0 unspecified atom stereocenters. The van der Waals surface area contributed by atoms with Gasteiger partial charge in [-0.05, 0) is 39.0 Å². The molecule has 0 bridgehead atoms. The smallest absolute Gasteiger partial charge is 0.410 e. The van der Waals surface area contributed by atoms with Crippen molar-refractivity contribution in [3.8, 4) is 23.1 Å². The molecule has 238 valence electrons. The number of amides is 3. The van der Waals surface area contributed by atoms with Crippen molar-refractivity contribution in [2.45, 2.75) is 65.1 Å². The third-order valence-corrected chi connectivity index (χ3v) is 6.77. The number of likely N-dealkylation sites (tertiary alicyclic amines) is 1. The zero-order valence-corrected chi connectivity index (χ0v) is 26.5. The van der Waals surface area contributed by atoms with Gasteiger partial charge >= 0.3 is 12.1 Å². The van der Waals surface area contributed by atoms with Crippen molar-refractivity contribution < 1.29 is 33.1 Å². The summed E-state index contributed by atoms with van der Waals surface area (Å²) < 4.78 is 28.8. The third-order valence-electron chi connectivity index (χ3n) is 6.77. The quantitative estimate of drug-likeness (QED) is 0.228. The topological polar surface area (TPSA) is 150 Å². The van der Waals surface area contributed by atoms with Crippen molar-refractivity contribution in [2.75, 3.05) is 30.8 Å². The van der Waals surface area contributed by atoms with E-state index in [-0.39, 0.29) is 17.6 Å². The molecule has 13 nitrogen and oxygen atoms in total. The molecule has 0 radical (unpaired) electrons. The van der Waals surface area contributed by atoms with Crippen molar-refractivity contribution in [1.82, 2.24) is 20.0 Å². The van der Waals surface area contributed by atoms with E-state index in [4.69, 9.17) is 23.5 Å².